The van der Waals surface area contributed by atoms with Crippen LogP contribution in [0.25, 0.3) is 0 Å². The second-order valence-corrected chi connectivity index (χ2v) is 5.64. The Hall–Kier alpha value is -0.420. The van der Waals surface area contributed by atoms with Crippen molar-refractivity contribution in [3.63, 3.8) is 0 Å². The van der Waals surface area contributed by atoms with Crippen LogP contribution in [0.4, 0.5) is 4.79 Å². The molecule has 0 aromatic carbocycles. The van der Waals surface area contributed by atoms with Gasteiger partial charge in [0.1, 0.15) is 0 Å². The first-order chi connectivity index (χ1) is 7.06. The van der Waals surface area contributed by atoms with Crippen molar-refractivity contribution in [3.8, 4) is 0 Å². The molecule has 0 aliphatic carbocycles. The van der Waals surface area contributed by atoms with E-state index >= 15 is 0 Å². The largest absolute Gasteiger partial charge is 0.337 e. The van der Waals surface area contributed by atoms with Crippen LogP contribution in [-0.2, 0) is 0 Å². The van der Waals surface area contributed by atoms with E-state index in [1.54, 1.807) is 11.8 Å². The average Bonchev–Trinajstić information content (AvgIpc) is 2.61. The Morgan fingerprint density at radius 1 is 1.67 bits per heavy atom. The summed E-state index contributed by atoms with van der Waals surface area (Å²) in [6.45, 7) is 6.74. The van der Waals surface area contributed by atoms with Crippen molar-refractivity contribution in [1.29, 1.82) is 0 Å². The lowest BCUT2D eigenvalue weighted by Crippen LogP contribution is -2.52. The van der Waals surface area contributed by atoms with E-state index < -0.39 is 0 Å². The molecule has 1 rings (SSSR count). The summed E-state index contributed by atoms with van der Waals surface area (Å²) in [7, 11) is 0. The zero-order chi connectivity index (χ0) is 11.3. The number of carbonyl (C=O) groups excluding carboxylic acids is 1. The molecule has 15 heavy (non-hydrogen) atoms. The van der Waals surface area contributed by atoms with Crippen LogP contribution in [0.2, 0.25) is 0 Å². The fourth-order valence-corrected chi connectivity index (χ4v) is 1.81. The van der Waals surface area contributed by atoms with Crippen LogP contribution in [0.5, 0.6) is 0 Å². The van der Waals surface area contributed by atoms with Crippen LogP contribution in [0, 0.1) is 0 Å². The van der Waals surface area contributed by atoms with Gasteiger partial charge in [0.05, 0.1) is 5.54 Å². The molecule has 3 N–H and O–H groups in total. The minimum atomic E-state index is -0.0767. The second kappa shape index (κ2) is 5.61. The van der Waals surface area contributed by atoms with E-state index in [1.165, 1.54) is 0 Å². The minimum Gasteiger partial charge on any atom is -0.337 e. The Bertz CT molecular complexity index is 217. The molecule has 0 saturated carbocycles. The maximum atomic E-state index is 11.6. The van der Waals surface area contributed by atoms with Gasteiger partial charge in [-0.15, -0.1) is 0 Å². The fraction of sp³-hybridized carbons (Fsp3) is 0.900. The normalized spacial score (nSPS) is 27.4. The number of thioether (sulfide) groups is 1. The van der Waals surface area contributed by atoms with Crippen molar-refractivity contribution in [2.75, 3.05) is 25.9 Å². The highest BCUT2D eigenvalue weighted by molar-refractivity contribution is 7.99. The van der Waals surface area contributed by atoms with Crippen LogP contribution in [0.1, 0.15) is 20.3 Å². The van der Waals surface area contributed by atoms with Crippen LogP contribution in [-0.4, -0.2) is 42.7 Å². The number of amides is 2. The van der Waals surface area contributed by atoms with E-state index in [0.29, 0.717) is 5.25 Å². The van der Waals surface area contributed by atoms with Gasteiger partial charge >= 0.3 is 6.03 Å². The summed E-state index contributed by atoms with van der Waals surface area (Å²) in [6, 6.07) is -0.0536. The van der Waals surface area contributed by atoms with Crippen molar-refractivity contribution in [2.24, 2.45) is 0 Å². The van der Waals surface area contributed by atoms with Gasteiger partial charge in [0.2, 0.25) is 0 Å². The van der Waals surface area contributed by atoms with E-state index in [2.05, 4.69) is 29.8 Å². The van der Waals surface area contributed by atoms with Gasteiger partial charge in [-0.05, 0) is 26.1 Å². The van der Waals surface area contributed by atoms with Gasteiger partial charge in [-0.3, -0.25) is 0 Å². The number of nitrogens with one attached hydrogen (secondary N) is 3. The third kappa shape index (κ3) is 4.30. The summed E-state index contributed by atoms with van der Waals surface area (Å²) >= 11 is 1.75. The van der Waals surface area contributed by atoms with Gasteiger partial charge in [0, 0.05) is 18.3 Å². The van der Waals surface area contributed by atoms with E-state index in [-0.39, 0.29) is 11.6 Å². The van der Waals surface area contributed by atoms with E-state index in [4.69, 9.17) is 0 Å². The Morgan fingerprint density at radius 2 is 2.40 bits per heavy atom. The summed E-state index contributed by atoms with van der Waals surface area (Å²) in [4.78, 5) is 11.6. The summed E-state index contributed by atoms with van der Waals surface area (Å²) in [6.07, 6.45) is 3.05. The summed E-state index contributed by atoms with van der Waals surface area (Å²) in [5.41, 5.74) is -0.0767. The Labute approximate surface area is 96.0 Å². The lowest BCUT2D eigenvalue weighted by Gasteiger charge is -2.25. The molecule has 1 heterocycles. The lowest BCUT2D eigenvalue weighted by atomic mass is 10.0. The first kappa shape index (κ1) is 12.6. The van der Waals surface area contributed by atoms with Gasteiger partial charge in [-0.25, -0.2) is 4.79 Å². The molecule has 1 aliphatic rings. The Balaban J connectivity index is 2.23. The smallest absolute Gasteiger partial charge is 0.315 e. The molecule has 2 unspecified atom stereocenters. The predicted molar refractivity (Wildman–Crippen MR) is 65.4 cm³/mol. The third-order valence-electron chi connectivity index (χ3n) is 2.74. The fourth-order valence-electron chi connectivity index (χ4n) is 1.56. The first-order valence-electron chi connectivity index (χ1n) is 5.35. The predicted octanol–water partition coefficient (Wildman–Crippen LogP) is 0.789. The first-order valence-corrected chi connectivity index (χ1v) is 6.64. The van der Waals surface area contributed by atoms with Crippen molar-refractivity contribution in [1.82, 2.24) is 16.0 Å². The maximum Gasteiger partial charge on any atom is 0.315 e. The quantitative estimate of drug-likeness (QED) is 0.670. The maximum absolute atomic E-state index is 11.6. The number of hydrogen-bond acceptors (Lipinski definition) is 3. The molecule has 0 aromatic heterocycles. The molecule has 0 aromatic rings. The highest BCUT2D eigenvalue weighted by atomic mass is 32.2. The van der Waals surface area contributed by atoms with Gasteiger partial charge in [0.15, 0.2) is 0 Å². The highest BCUT2D eigenvalue weighted by Gasteiger charge is 2.29. The lowest BCUT2D eigenvalue weighted by molar-refractivity contribution is 0.230. The van der Waals surface area contributed by atoms with Gasteiger partial charge in [0.25, 0.3) is 0 Å². The van der Waals surface area contributed by atoms with Gasteiger partial charge < -0.3 is 16.0 Å². The molecule has 0 radical (unpaired) electrons. The highest BCUT2D eigenvalue weighted by Crippen LogP contribution is 2.12. The third-order valence-corrected chi connectivity index (χ3v) is 3.71. The molecule has 4 nitrogen and oxygen atoms in total. The van der Waals surface area contributed by atoms with Crippen molar-refractivity contribution >= 4 is 17.8 Å². The van der Waals surface area contributed by atoms with E-state index in [0.717, 1.165) is 26.1 Å². The van der Waals surface area contributed by atoms with E-state index in [1.807, 2.05) is 6.26 Å². The number of urea groups is 1. The molecule has 1 aliphatic heterocycles. The zero-order valence-corrected chi connectivity index (χ0v) is 10.5. The number of carbonyl (C=O) groups is 1. The van der Waals surface area contributed by atoms with Crippen molar-refractivity contribution in [2.45, 2.75) is 31.1 Å². The average molecular weight is 231 g/mol. The second-order valence-electron chi connectivity index (χ2n) is 4.37. The standard InChI is InChI=1S/C10H21N3OS/c1-8(15-3)6-12-9(14)13-10(2)4-5-11-7-10/h8,11H,4-7H2,1-3H3,(H2,12,13,14). The SMILES string of the molecule is CSC(C)CNC(=O)NC1(C)CCNC1. The summed E-state index contributed by atoms with van der Waals surface area (Å²) in [5.74, 6) is 0. The Kier molecular flexibility index (Phi) is 4.73. The molecule has 5 heteroatoms. The molecule has 2 atom stereocenters. The van der Waals surface area contributed by atoms with Crippen molar-refractivity contribution in [3.05, 3.63) is 0 Å². The molecule has 0 spiro atoms. The Morgan fingerprint density at radius 3 is 2.93 bits per heavy atom. The zero-order valence-electron chi connectivity index (χ0n) is 9.72. The monoisotopic (exact) mass is 231 g/mol. The molecule has 88 valence electrons. The molecule has 0 bridgehead atoms. The molecule has 1 saturated heterocycles. The number of rotatable bonds is 4. The molecular weight excluding hydrogens is 210 g/mol. The van der Waals surface area contributed by atoms with Crippen LogP contribution >= 0.6 is 11.8 Å². The molecular formula is C10H21N3OS. The van der Waals surface area contributed by atoms with Gasteiger partial charge in [-0.1, -0.05) is 6.92 Å². The summed E-state index contributed by atoms with van der Waals surface area (Å²) in [5, 5.41) is 9.61. The topological polar surface area (TPSA) is 53.2 Å². The van der Waals surface area contributed by atoms with Crippen LogP contribution < -0.4 is 16.0 Å². The van der Waals surface area contributed by atoms with Crippen LogP contribution in [0.3, 0.4) is 0 Å². The molecule has 1 fully saturated rings. The van der Waals surface area contributed by atoms with Crippen molar-refractivity contribution < 1.29 is 4.79 Å². The van der Waals surface area contributed by atoms with Gasteiger partial charge in [-0.2, -0.15) is 11.8 Å². The van der Waals surface area contributed by atoms with Crippen LogP contribution in [0.15, 0.2) is 0 Å². The summed E-state index contributed by atoms with van der Waals surface area (Å²) < 4.78 is 0. The minimum absolute atomic E-state index is 0.0536. The van der Waals surface area contributed by atoms with E-state index in [9.17, 15) is 4.79 Å². The number of hydrogen-bond donors (Lipinski definition) is 3. The molecule has 2 amide bonds.